The van der Waals surface area contributed by atoms with Crippen LogP contribution in [0.1, 0.15) is 51.1 Å². The topological polar surface area (TPSA) is 21.1 Å². The monoisotopic (exact) mass is 233 g/mol. The predicted molar refractivity (Wildman–Crippen MR) is 69.0 cm³/mol. The molecule has 1 aromatic rings. The summed E-state index contributed by atoms with van der Waals surface area (Å²) in [5.41, 5.74) is 1.28. The second kappa shape index (κ2) is 4.13. The summed E-state index contributed by atoms with van der Waals surface area (Å²) in [4.78, 5) is 2.74. The van der Waals surface area contributed by atoms with Gasteiger partial charge in [0.25, 0.3) is 0 Å². The first-order valence-corrected chi connectivity index (χ1v) is 6.93. The van der Waals surface area contributed by atoms with E-state index in [0.717, 1.165) is 12.1 Å². The minimum absolute atomic E-state index is 0.635. The molecular weight excluding hydrogens is 210 g/mol. The van der Waals surface area contributed by atoms with E-state index in [1.165, 1.54) is 31.2 Å². The number of rotatable bonds is 2. The van der Waals surface area contributed by atoms with Crippen molar-refractivity contribution in [3.05, 3.63) is 18.0 Å². The summed E-state index contributed by atoms with van der Waals surface area (Å²) in [5, 5.41) is 4.50. The fourth-order valence-corrected chi connectivity index (χ4v) is 3.88. The molecule has 0 N–H and O–H groups in total. The van der Waals surface area contributed by atoms with E-state index in [2.05, 4.69) is 41.6 Å². The summed E-state index contributed by atoms with van der Waals surface area (Å²) in [7, 11) is 0. The fourth-order valence-electron chi connectivity index (χ4n) is 3.88. The molecule has 2 unspecified atom stereocenters. The third-order valence-electron chi connectivity index (χ3n) is 4.47. The predicted octanol–water partition coefficient (Wildman–Crippen LogP) is 2.77. The van der Waals surface area contributed by atoms with Crippen molar-refractivity contribution < 1.29 is 0 Å². The summed E-state index contributed by atoms with van der Waals surface area (Å²) in [6.07, 6.45) is 9.54. The summed E-state index contributed by atoms with van der Waals surface area (Å²) in [6, 6.07) is 2.93. The molecule has 3 heterocycles. The first-order valence-electron chi connectivity index (χ1n) is 6.93. The smallest absolute Gasteiger partial charge is 0.0549 e. The minimum Gasteiger partial charge on any atom is -0.295 e. The Morgan fingerprint density at radius 2 is 1.82 bits per heavy atom. The molecule has 2 fully saturated rings. The van der Waals surface area contributed by atoms with Gasteiger partial charge in [-0.3, -0.25) is 9.58 Å². The van der Waals surface area contributed by atoms with Gasteiger partial charge in [-0.15, -0.1) is 0 Å². The average molecular weight is 233 g/mol. The van der Waals surface area contributed by atoms with Crippen molar-refractivity contribution >= 4 is 0 Å². The third-order valence-corrected chi connectivity index (χ3v) is 4.47. The summed E-state index contributed by atoms with van der Waals surface area (Å²) in [6.45, 7) is 6.80. The van der Waals surface area contributed by atoms with Gasteiger partial charge in [0.1, 0.15) is 0 Å². The van der Waals surface area contributed by atoms with Crippen LogP contribution in [0.15, 0.2) is 12.4 Å². The van der Waals surface area contributed by atoms with E-state index in [9.17, 15) is 0 Å². The van der Waals surface area contributed by atoms with E-state index in [0.29, 0.717) is 12.1 Å². The summed E-state index contributed by atoms with van der Waals surface area (Å²) >= 11 is 0. The molecule has 94 valence electrons. The average Bonchev–Trinajstić information content (AvgIpc) is 2.81. The molecule has 3 nitrogen and oxygen atoms in total. The lowest BCUT2D eigenvalue weighted by Gasteiger charge is -2.41. The van der Waals surface area contributed by atoms with Crippen LogP contribution in [0, 0.1) is 6.92 Å². The molecule has 2 aliphatic rings. The molecule has 0 aliphatic carbocycles. The lowest BCUT2D eigenvalue weighted by molar-refractivity contribution is 0.0730. The lowest BCUT2D eigenvalue weighted by atomic mass is 9.96. The van der Waals surface area contributed by atoms with E-state index in [1.54, 1.807) is 0 Å². The van der Waals surface area contributed by atoms with Gasteiger partial charge in [-0.1, -0.05) is 0 Å². The zero-order valence-corrected chi connectivity index (χ0v) is 11.1. The third kappa shape index (κ3) is 1.90. The van der Waals surface area contributed by atoms with Crippen molar-refractivity contribution in [2.45, 2.75) is 70.6 Å². The van der Waals surface area contributed by atoms with Gasteiger partial charge in [0.05, 0.1) is 12.2 Å². The molecule has 0 aromatic carbocycles. The van der Waals surface area contributed by atoms with Crippen molar-refractivity contribution in [2.24, 2.45) is 0 Å². The lowest BCUT2D eigenvalue weighted by Crippen LogP contribution is -2.47. The second-order valence-electron chi connectivity index (χ2n) is 6.05. The van der Waals surface area contributed by atoms with Crippen LogP contribution in [0.25, 0.3) is 0 Å². The van der Waals surface area contributed by atoms with Crippen LogP contribution in [-0.2, 0) is 0 Å². The number of nitrogens with zero attached hydrogens (tertiary/aromatic N) is 3. The van der Waals surface area contributed by atoms with Crippen molar-refractivity contribution in [3.63, 3.8) is 0 Å². The molecule has 3 heteroatoms. The highest BCUT2D eigenvalue weighted by atomic mass is 15.3. The molecule has 17 heavy (non-hydrogen) atoms. The van der Waals surface area contributed by atoms with Crippen LogP contribution in [0.4, 0.5) is 0 Å². The maximum absolute atomic E-state index is 4.50. The highest BCUT2D eigenvalue weighted by Crippen LogP contribution is 2.41. The molecule has 2 saturated heterocycles. The van der Waals surface area contributed by atoms with Crippen molar-refractivity contribution in [1.82, 2.24) is 14.7 Å². The van der Waals surface area contributed by atoms with Gasteiger partial charge in [-0.25, -0.2) is 0 Å². The second-order valence-corrected chi connectivity index (χ2v) is 6.05. The number of aryl methyl sites for hydroxylation is 1. The van der Waals surface area contributed by atoms with Gasteiger partial charge in [-0.05, 0) is 52.0 Å². The number of fused-ring (bicyclic) bond motifs is 2. The van der Waals surface area contributed by atoms with E-state index < -0.39 is 0 Å². The Morgan fingerprint density at radius 3 is 2.29 bits per heavy atom. The van der Waals surface area contributed by atoms with Crippen LogP contribution < -0.4 is 0 Å². The minimum atomic E-state index is 0.635. The van der Waals surface area contributed by atoms with Gasteiger partial charge in [0.15, 0.2) is 0 Å². The van der Waals surface area contributed by atoms with Gasteiger partial charge in [0, 0.05) is 24.3 Å². The van der Waals surface area contributed by atoms with Crippen LogP contribution in [-0.4, -0.2) is 32.8 Å². The summed E-state index contributed by atoms with van der Waals surface area (Å²) < 4.78 is 2.21. The van der Waals surface area contributed by atoms with E-state index in [-0.39, 0.29) is 0 Å². The Bertz CT molecular complexity index is 382. The zero-order valence-electron chi connectivity index (χ0n) is 11.1. The quantitative estimate of drug-likeness (QED) is 0.783. The van der Waals surface area contributed by atoms with Crippen molar-refractivity contribution in [1.29, 1.82) is 0 Å². The van der Waals surface area contributed by atoms with Crippen molar-refractivity contribution in [2.75, 3.05) is 0 Å². The summed E-state index contributed by atoms with van der Waals surface area (Å²) in [5.74, 6) is 0. The number of piperidine rings is 1. The first-order chi connectivity index (χ1) is 8.15. The Labute approximate surface area is 104 Å². The standard InChI is InChI=1S/C14H23N3/c1-10(2)17-12-4-5-13(17)7-14(6-12)16-9-11(3)8-15-16/h8-10,12-14H,4-7H2,1-3H3. The van der Waals surface area contributed by atoms with E-state index in [1.807, 2.05) is 6.20 Å². The SMILES string of the molecule is Cc1cnn(C2CC3CCC(C2)N3C(C)C)c1. The number of hydrogen-bond acceptors (Lipinski definition) is 2. The number of aromatic nitrogens is 2. The van der Waals surface area contributed by atoms with Crippen LogP contribution >= 0.6 is 0 Å². The maximum atomic E-state index is 4.50. The van der Waals surface area contributed by atoms with Crippen LogP contribution in [0.2, 0.25) is 0 Å². The zero-order chi connectivity index (χ0) is 12.0. The normalized spacial score (nSPS) is 33.5. The molecule has 0 radical (unpaired) electrons. The van der Waals surface area contributed by atoms with Gasteiger partial charge in [0.2, 0.25) is 0 Å². The van der Waals surface area contributed by atoms with Gasteiger partial charge in [-0.2, -0.15) is 5.10 Å². The molecular formula is C14H23N3. The van der Waals surface area contributed by atoms with Crippen LogP contribution in [0.3, 0.4) is 0 Å². The molecule has 2 aliphatic heterocycles. The highest BCUT2D eigenvalue weighted by molar-refractivity contribution is 5.03. The van der Waals surface area contributed by atoms with E-state index in [4.69, 9.17) is 0 Å². The van der Waals surface area contributed by atoms with Crippen LogP contribution in [0.5, 0.6) is 0 Å². The van der Waals surface area contributed by atoms with Gasteiger partial charge < -0.3 is 0 Å². The van der Waals surface area contributed by atoms with Gasteiger partial charge >= 0.3 is 0 Å². The molecule has 0 amide bonds. The fraction of sp³-hybridized carbons (Fsp3) is 0.786. The Kier molecular flexibility index (Phi) is 2.74. The number of hydrogen-bond donors (Lipinski definition) is 0. The molecule has 0 saturated carbocycles. The Hall–Kier alpha value is -0.830. The Morgan fingerprint density at radius 1 is 1.18 bits per heavy atom. The highest BCUT2D eigenvalue weighted by Gasteiger charge is 2.42. The molecule has 2 atom stereocenters. The maximum Gasteiger partial charge on any atom is 0.0549 e. The van der Waals surface area contributed by atoms with Crippen molar-refractivity contribution in [3.8, 4) is 0 Å². The largest absolute Gasteiger partial charge is 0.295 e. The Balaban J connectivity index is 1.77. The molecule has 1 aromatic heterocycles. The van der Waals surface area contributed by atoms with E-state index >= 15 is 0 Å². The first kappa shape index (κ1) is 11.3. The molecule has 3 rings (SSSR count). The molecule has 0 spiro atoms. The molecule has 2 bridgehead atoms.